The topological polar surface area (TPSA) is 74.2 Å². The van der Waals surface area contributed by atoms with E-state index in [9.17, 15) is 4.79 Å². The van der Waals surface area contributed by atoms with Gasteiger partial charge < -0.3 is 9.47 Å². The largest absolute Gasteiger partial charge is 0.475 e. The molecular formula is C16H19N3O3. The van der Waals surface area contributed by atoms with Crippen LogP contribution in [-0.2, 0) is 4.74 Å². The van der Waals surface area contributed by atoms with E-state index in [1.807, 2.05) is 26.8 Å². The molecule has 0 saturated carbocycles. The molecule has 0 atom stereocenters. The van der Waals surface area contributed by atoms with Crippen LogP contribution in [0.4, 0.5) is 0 Å². The molecule has 0 unspecified atom stereocenters. The van der Waals surface area contributed by atoms with E-state index >= 15 is 0 Å². The van der Waals surface area contributed by atoms with Crippen molar-refractivity contribution >= 4 is 6.29 Å². The lowest BCUT2D eigenvalue weighted by Crippen LogP contribution is -2.31. The lowest BCUT2D eigenvalue weighted by molar-refractivity contribution is -0.0158. The van der Waals surface area contributed by atoms with Crippen molar-refractivity contribution in [3.63, 3.8) is 0 Å². The summed E-state index contributed by atoms with van der Waals surface area (Å²) >= 11 is 0. The molecule has 6 heteroatoms. The molecule has 2 aromatic rings. The van der Waals surface area contributed by atoms with E-state index in [-0.39, 0.29) is 5.60 Å². The number of aromatic nitrogens is 3. The van der Waals surface area contributed by atoms with Gasteiger partial charge in [0.15, 0.2) is 6.29 Å². The number of carbonyl (C=O) groups is 1. The third-order valence-corrected chi connectivity index (χ3v) is 3.27. The third kappa shape index (κ3) is 3.85. The Kier molecular flexibility index (Phi) is 4.82. The van der Waals surface area contributed by atoms with E-state index in [1.54, 1.807) is 19.5 Å². The molecule has 0 radical (unpaired) electrons. The van der Waals surface area contributed by atoms with Crippen molar-refractivity contribution in [2.24, 2.45) is 0 Å². The van der Waals surface area contributed by atoms with Gasteiger partial charge in [0.25, 0.3) is 0 Å². The smallest absolute Gasteiger partial charge is 0.213 e. The summed E-state index contributed by atoms with van der Waals surface area (Å²) in [7, 11) is 1.65. The molecule has 2 aromatic heterocycles. The molecule has 22 heavy (non-hydrogen) atoms. The van der Waals surface area contributed by atoms with Gasteiger partial charge in [0, 0.05) is 24.9 Å². The fraction of sp³-hybridized carbons (Fsp3) is 0.375. The van der Waals surface area contributed by atoms with Crippen molar-refractivity contribution in [2.75, 3.05) is 13.7 Å². The van der Waals surface area contributed by atoms with Crippen molar-refractivity contribution in [3.8, 4) is 17.1 Å². The second-order valence-electron chi connectivity index (χ2n) is 5.53. The molecule has 6 nitrogen and oxygen atoms in total. The van der Waals surface area contributed by atoms with Crippen LogP contribution in [0.25, 0.3) is 11.3 Å². The number of carbonyl (C=O) groups excluding carboxylic acids is 1. The van der Waals surface area contributed by atoms with Crippen molar-refractivity contribution in [2.45, 2.75) is 26.4 Å². The first-order chi connectivity index (χ1) is 10.4. The molecule has 0 N–H and O–H groups in total. The van der Waals surface area contributed by atoms with Crippen LogP contribution in [0.15, 0.2) is 24.7 Å². The average Bonchev–Trinajstić information content (AvgIpc) is 2.53. The highest BCUT2D eigenvalue weighted by molar-refractivity contribution is 5.72. The summed E-state index contributed by atoms with van der Waals surface area (Å²) < 4.78 is 11.0. The number of ether oxygens (including phenoxy) is 2. The maximum absolute atomic E-state index is 10.6. The Morgan fingerprint density at radius 1 is 1.18 bits per heavy atom. The molecule has 2 rings (SSSR count). The molecule has 0 aromatic carbocycles. The highest BCUT2D eigenvalue weighted by Crippen LogP contribution is 2.23. The Morgan fingerprint density at radius 2 is 1.95 bits per heavy atom. The van der Waals surface area contributed by atoms with Gasteiger partial charge in [-0.3, -0.25) is 9.78 Å². The number of methoxy groups -OCH3 is 1. The van der Waals surface area contributed by atoms with Crippen LogP contribution in [0.3, 0.4) is 0 Å². The standard InChI is InChI=1S/C16H19N3O3/c1-11-5-15(22-10-16(2,3)21-4)19-7-13(11)14-8-17-12(9-20)6-18-14/h5-9H,10H2,1-4H3. The molecule has 0 bridgehead atoms. The highest BCUT2D eigenvalue weighted by atomic mass is 16.5. The van der Waals surface area contributed by atoms with Crippen LogP contribution < -0.4 is 4.74 Å². The number of nitrogens with zero attached hydrogens (tertiary/aromatic N) is 3. The third-order valence-electron chi connectivity index (χ3n) is 3.27. The molecule has 0 saturated heterocycles. The van der Waals surface area contributed by atoms with Gasteiger partial charge in [-0.25, -0.2) is 9.97 Å². The maximum Gasteiger partial charge on any atom is 0.213 e. The number of hydrogen-bond acceptors (Lipinski definition) is 6. The lowest BCUT2D eigenvalue weighted by Gasteiger charge is -2.22. The Hall–Kier alpha value is -2.34. The molecule has 0 spiro atoms. The van der Waals surface area contributed by atoms with Crippen molar-refractivity contribution in [1.82, 2.24) is 15.0 Å². The highest BCUT2D eigenvalue weighted by Gasteiger charge is 2.18. The minimum absolute atomic E-state index is 0.302. The van der Waals surface area contributed by atoms with Gasteiger partial charge in [-0.15, -0.1) is 0 Å². The summed E-state index contributed by atoms with van der Waals surface area (Å²) in [4.78, 5) is 23.1. The SMILES string of the molecule is COC(C)(C)COc1cc(C)c(-c2cnc(C=O)cn2)cn1. The minimum atomic E-state index is -0.371. The van der Waals surface area contributed by atoms with Crippen LogP contribution in [-0.4, -0.2) is 40.6 Å². The second kappa shape index (κ2) is 6.62. The number of aldehydes is 1. The van der Waals surface area contributed by atoms with E-state index < -0.39 is 0 Å². The fourth-order valence-electron chi connectivity index (χ4n) is 1.72. The summed E-state index contributed by atoms with van der Waals surface area (Å²) in [5.41, 5.74) is 2.41. The first-order valence-electron chi connectivity index (χ1n) is 6.87. The van der Waals surface area contributed by atoms with Crippen LogP contribution in [0, 0.1) is 6.92 Å². The second-order valence-corrected chi connectivity index (χ2v) is 5.53. The molecule has 0 aliphatic heterocycles. The zero-order chi connectivity index (χ0) is 16.2. The van der Waals surface area contributed by atoms with Gasteiger partial charge in [0.05, 0.1) is 23.7 Å². The summed E-state index contributed by atoms with van der Waals surface area (Å²) in [6, 6.07) is 1.84. The average molecular weight is 301 g/mol. The zero-order valence-corrected chi connectivity index (χ0v) is 13.2. The molecular weight excluding hydrogens is 282 g/mol. The summed E-state index contributed by atoms with van der Waals surface area (Å²) in [6.45, 7) is 6.24. The monoisotopic (exact) mass is 301 g/mol. The van der Waals surface area contributed by atoms with Gasteiger partial charge in [0.2, 0.25) is 5.88 Å². The van der Waals surface area contributed by atoms with Crippen LogP contribution in [0.5, 0.6) is 5.88 Å². The Balaban J connectivity index is 2.16. The van der Waals surface area contributed by atoms with Crippen LogP contribution in [0.1, 0.15) is 29.9 Å². The zero-order valence-electron chi connectivity index (χ0n) is 13.2. The Morgan fingerprint density at radius 3 is 2.50 bits per heavy atom. The molecule has 0 aliphatic rings. The summed E-state index contributed by atoms with van der Waals surface area (Å²) in [5.74, 6) is 0.531. The van der Waals surface area contributed by atoms with E-state index in [1.165, 1.54) is 6.20 Å². The molecule has 2 heterocycles. The quantitative estimate of drug-likeness (QED) is 0.763. The van der Waals surface area contributed by atoms with Gasteiger partial charge in [0.1, 0.15) is 12.3 Å². The van der Waals surface area contributed by atoms with Gasteiger partial charge in [-0.2, -0.15) is 0 Å². The van der Waals surface area contributed by atoms with Crippen molar-refractivity contribution < 1.29 is 14.3 Å². The van der Waals surface area contributed by atoms with E-state index in [2.05, 4.69) is 15.0 Å². The van der Waals surface area contributed by atoms with E-state index in [4.69, 9.17) is 9.47 Å². The summed E-state index contributed by atoms with van der Waals surface area (Å²) in [5, 5.41) is 0. The molecule has 116 valence electrons. The van der Waals surface area contributed by atoms with Gasteiger partial charge >= 0.3 is 0 Å². The lowest BCUT2D eigenvalue weighted by atomic mass is 10.1. The molecule has 0 aliphatic carbocycles. The van der Waals surface area contributed by atoms with Crippen LogP contribution in [0.2, 0.25) is 0 Å². The van der Waals surface area contributed by atoms with E-state index in [0.29, 0.717) is 30.2 Å². The van der Waals surface area contributed by atoms with Crippen LogP contribution >= 0.6 is 0 Å². The number of hydrogen-bond donors (Lipinski definition) is 0. The number of rotatable bonds is 6. The first kappa shape index (κ1) is 16.0. The predicted octanol–water partition coefficient (Wildman–Crippen LogP) is 2.46. The minimum Gasteiger partial charge on any atom is -0.475 e. The number of pyridine rings is 1. The fourth-order valence-corrected chi connectivity index (χ4v) is 1.72. The molecule has 0 amide bonds. The Bertz CT molecular complexity index is 654. The maximum atomic E-state index is 10.6. The normalized spacial score (nSPS) is 11.3. The molecule has 0 fully saturated rings. The predicted molar refractivity (Wildman–Crippen MR) is 82.0 cm³/mol. The van der Waals surface area contributed by atoms with Crippen molar-refractivity contribution in [1.29, 1.82) is 0 Å². The van der Waals surface area contributed by atoms with Crippen molar-refractivity contribution in [3.05, 3.63) is 35.9 Å². The van der Waals surface area contributed by atoms with Gasteiger partial charge in [-0.1, -0.05) is 0 Å². The van der Waals surface area contributed by atoms with Gasteiger partial charge in [-0.05, 0) is 26.3 Å². The summed E-state index contributed by atoms with van der Waals surface area (Å²) in [6.07, 6.45) is 5.35. The van der Waals surface area contributed by atoms with E-state index in [0.717, 1.165) is 11.1 Å². The Labute approximate surface area is 129 Å². The number of aryl methyl sites for hydroxylation is 1. The first-order valence-corrected chi connectivity index (χ1v) is 6.87.